The van der Waals surface area contributed by atoms with Crippen molar-refractivity contribution in [3.8, 4) is 28.5 Å². The van der Waals surface area contributed by atoms with E-state index >= 15 is 0 Å². The molecule has 0 aliphatic carbocycles. The zero-order valence-electron chi connectivity index (χ0n) is 15.8. The van der Waals surface area contributed by atoms with Gasteiger partial charge >= 0.3 is 6.18 Å². The number of imidazole rings is 1. The number of ether oxygens (including phenoxy) is 3. The first-order valence-electron chi connectivity index (χ1n) is 8.35. The molecule has 1 aromatic heterocycles. The first-order valence-corrected chi connectivity index (χ1v) is 8.35. The van der Waals surface area contributed by atoms with Crippen LogP contribution in [0, 0.1) is 0 Å². The highest BCUT2D eigenvalue weighted by atomic mass is 19.4. The van der Waals surface area contributed by atoms with Crippen LogP contribution in [0.2, 0.25) is 0 Å². The first kappa shape index (κ1) is 20.2. The van der Waals surface area contributed by atoms with Gasteiger partial charge in [0, 0.05) is 11.1 Å². The lowest BCUT2D eigenvalue weighted by atomic mass is 10.1. The van der Waals surface area contributed by atoms with E-state index in [2.05, 4.69) is 9.97 Å². The Hall–Kier alpha value is -3.49. The highest BCUT2D eigenvalue weighted by Gasteiger charge is 2.30. The Balaban J connectivity index is 1.92. The minimum atomic E-state index is -4.47. The molecule has 0 amide bonds. The summed E-state index contributed by atoms with van der Waals surface area (Å²) in [6, 6.07) is 7.31. The monoisotopic (exact) mass is 406 g/mol. The van der Waals surface area contributed by atoms with Gasteiger partial charge in [-0.15, -0.1) is 0 Å². The largest absolute Gasteiger partial charge is 0.493 e. The van der Waals surface area contributed by atoms with Crippen LogP contribution in [0.1, 0.15) is 21.7 Å². The maximum absolute atomic E-state index is 12.7. The molecule has 0 aliphatic rings. The number of methoxy groups -OCH3 is 3. The molecule has 6 nitrogen and oxygen atoms in total. The number of nitrogens with one attached hydrogen (secondary N) is 1. The van der Waals surface area contributed by atoms with Crippen molar-refractivity contribution in [1.29, 1.82) is 0 Å². The van der Waals surface area contributed by atoms with Crippen LogP contribution in [0.4, 0.5) is 13.2 Å². The third kappa shape index (κ3) is 4.03. The smallest absolute Gasteiger partial charge is 0.416 e. The Bertz CT molecular complexity index is 1000. The second kappa shape index (κ2) is 7.86. The highest BCUT2D eigenvalue weighted by molar-refractivity contribution is 6.06. The zero-order valence-corrected chi connectivity index (χ0v) is 15.8. The van der Waals surface area contributed by atoms with E-state index in [0.717, 1.165) is 24.3 Å². The molecule has 1 heterocycles. The number of benzene rings is 2. The fourth-order valence-corrected chi connectivity index (χ4v) is 2.77. The number of hydrogen-bond donors (Lipinski definition) is 1. The Morgan fingerprint density at radius 3 is 2.03 bits per heavy atom. The molecule has 2 aromatic carbocycles. The van der Waals surface area contributed by atoms with Gasteiger partial charge in [0.1, 0.15) is 0 Å². The molecule has 0 radical (unpaired) electrons. The Morgan fingerprint density at radius 1 is 0.966 bits per heavy atom. The van der Waals surface area contributed by atoms with E-state index in [1.165, 1.54) is 27.5 Å². The summed E-state index contributed by atoms with van der Waals surface area (Å²) in [7, 11) is 4.44. The number of aromatic nitrogens is 2. The third-order valence-electron chi connectivity index (χ3n) is 4.24. The van der Waals surface area contributed by atoms with Gasteiger partial charge in [-0.2, -0.15) is 13.2 Å². The first-order chi connectivity index (χ1) is 13.8. The standard InChI is InChI=1S/C20H17F3N2O4/c1-27-15-8-12(9-16(28-2)18(15)29-3)14-10-24-19(25-14)17(26)11-4-6-13(7-5-11)20(21,22)23/h4-10H,1-3H3,(H,24,25). The summed E-state index contributed by atoms with van der Waals surface area (Å²) in [5.41, 5.74) is 0.383. The third-order valence-corrected chi connectivity index (χ3v) is 4.24. The second-order valence-corrected chi connectivity index (χ2v) is 5.96. The van der Waals surface area contributed by atoms with Crippen LogP contribution in [-0.2, 0) is 6.18 Å². The Morgan fingerprint density at radius 2 is 1.55 bits per heavy atom. The SMILES string of the molecule is COc1cc(-c2cnc(C(=O)c3ccc(C(F)(F)F)cc3)[nH]2)cc(OC)c1OC. The zero-order chi connectivity index (χ0) is 21.2. The molecule has 0 bridgehead atoms. The van der Waals surface area contributed by atoms with Crippen molar-refractivity contribution in [3.05, 3.63) is 59.5 Å². The average molecular weight is 406 g/mol. The summed E-state index contributed by atoms with van der Waals surface area (Å²) in [5.74, 6) is 0.726. The van der Waals surface area contributed by atoms with E-state index in [9.17, 15) is 18.0 Å². The molecule has 0 fully saturated rings. The van der Waals surface area contributed by atoms with Crippen molar-refractivity contribution in [2.75, 3.05) is 21.3 Å². The van der Waals surface area contributed by atoms with Crippen molar-refractivity contribution < 1.29 is 32.2 Å². The molecule has 0 aliphatic heterocycles. The maximum Gasteiger partial charge on any atom is 0.416 e. The number of carbonyl (C=O) groups is 1. The molecule has 152 valence electrons. The summed E-state index contributed by atoms with van der Waals surface area (Å²) in [6.45, 7) is 0. The van der Waals surface area contributed by atoms with Crippen molar-refractivity contribution in [2.24, 2.45) is 0 Å². The van der Waals surface area contributed by atoms with Crippen LogP contribution in [0.5, 0.6) is 17.2 Å². The molecule has 0 saturated heterocycles. The summed E-state index contributed by atoms with van der Waals surface area (Å²) in [4.78, 5) is 19.5. The van der Waals surface area contributed by atoms with Gasteiger partial charge in [0.05, 0.1) is 38.8 Å². The molecular formula is C20H17F3N2O4. The van der Waals surface area contributed by atoms with Gasteiger partial charge < -0.3 is 19.2 Å². The molecule has 9 heteroatoms. The number of nitrogens with zero attached hydrogens (tertiary/aromatic N) is 1. The van der Waals surface area contributed by atoms with Crippen molar-refractivity contribution in [3.63, 3.8) is 0 Å². The Labute approximate surface area is 164 Å². The van der Waals surface area contributed by atoms with Gasteiger partial charge in [0.25, 0.3) is 0 Å². The van der Waals surface area contributed by atoms with E-state index < -0.39 is 17.5 Å². The summed E-state index contributed by atoms with van der Waals surface area (Å²) in [6.07, 6.45) is -3.02. The van der Waals surface area contributed by atoms with Gasteiger partial charge in [0.2, 0.25) is 11.5 Å². The lowest BCUT2D eigenvalue weighted by Crippen LogP contribution is -2.07. The van der Waals surface area contributed by atoms with Gasteiger partial charge in [-0.1, -0.05) is 12.1 Å². The summed E-state index contributed by atoms with van der Waals surface area (Å²) >= 11 is 0. The molecule has 0 spiro atoms. The average Bonchev–Trinajstić information content (AvgIpc) is 3.21. The Kier molecular flexibility index (Phi) is 5.49. The number of aromatic amines is 1. The van der Waals surface area contributed by atoms with Crippen molar-refractivity contribution in [1.82, 2.24) is 9.97 Å². The predicted octanol–water partition coefficient (Wildman–Crippen LogP) is 4.35. The fourth-order valence-electron chi connectivity index (χ4n) is 2.77. The fraction of sp³-hybridized carbons (Fsp3) is 0.200. The lowest BCUT2D eigenvalue weighted by Gasteiger charge is -2.13. The molecule has 0 unspecified atom stereocenters. The van der Waals surface area contributed by atoms with Crippen LogP contribution >= 0.6 is 0 Å². The number of rotatable bonds is 6. The molecule has 3 rings (SSSR count). The maximum atomic E-state index is 12.7. The van der Waals surface area contributed by atoms with Crippen LogP contribution in [0.15, 0.2) is 42.6 Å². The van der Waals surface area contributed by atoms with E-state index in [-0.39, 0.29) is 11.4 Å². The highest BCUT2D eigenvalue weighted by Crippen LogP contribution is 2.40. The van der Waals surface area contributed by atoms with Crippen molar-refractivity contribution in [2.45, 2.75) is 6.18 Å². The summed E-state index contributed by atoms with van der Waals surface area (Å²) in [5, 5.41) is 0. The normalized spacial score (nSPS) is 11.2. The minimum absolute atomic E-state index is 0.00601. The van der Waals surface area contributed by atoms with Gasteiger partial charge in [0.15, 0.2) is 17.3 Å². The molecule has 0 atom stereocenters. The van der Waals surface area contributed by atoms with Crippen LogP contribution < -0.4 is 14.2 Å². The van der Waals surface area contributed by atoms with Gasteiger partial charge in [-0.05, 0) is 24.3 Å². The minimum Gasteiger partial charge on any atom is -0.493 e. The molecular weight excluding hydrogens is 389 g/mol. The van der Waals surface area contributed by atoms with Gasteiger partial charge in [-0.3, -0.25) is 4.79 Å². The second-order valence-electron chi connectivity index (χ2n) is 5.96. The topological polar surface area (TPSA) is 73.4 Å². The number of halogens is 3. The molecule has 3 aromatic rings. The van der Waals surface area contributed by atoms with E-state index in [1.807, 2.05) is 0 Å². The number of ketones is 1. The quantitative estimate of drug-likeness (QED) is 0.616. The molecule has 0 saturated carbocycles. The number of hydrogen-bond acceptors (Lipinski definition) is 5. The lowest BCUT2D eigenvalue weighted by molar-refractivity contribution is -0.137. The molecule has 29 heavy (non-hydrogen) atoms. The van der Waals surface area contributed by atoms with E-state index in [0.29, 0.717) is 28.5 Å². The van der Waals surface area contributed by atoms with Crippen LogP contribution in [0.25, 0.3) is 11.3 Å². The van der Waals surface area contributed by atoms with Gasteiger partial charge in [-0.25, -0.2) is 4.98 Å². The number of carbonyl (C=O) groups excluding carboxylic acids is 1. The van der Waals surface area contributed by atoms with Crippen LogP contribution in [-0.4, -0.2) is 37.1 Å². The predicted molar refractivity (Wildman–Crippen MR) is 98.6 cm³/mol. The molecule has 1 N–H and O–H groups in total. The van der Waals surface area contributed by atoms with E-state index in [1.54, 1.807) is 12.1 Å². The number of alkyl halides is 3. The number of H-pyrrole nitrogens is 1. The van der Waals surface area contributed by atoms with Crippen LogP contribution in [0.3, 0.4) is 0 Å². The van der Waals surface area contributed by atoms with Crippen molar-refractivity contribution >= 4 is 5.78 Å². The van der Waals surface area contributed by atoms with E-state index in [4.69, 9.17) is 14.2 Å². The summed E-state index contributed by atoms with van der Waals surface area (Å²) < 4.78 is 53.9.